The summed E-state index contributed by atoms with van der Waals surface area (Å²) in [6, 6.07) is 0.130. The van der Waals surface area contributed by atoms with Crippen LogP contribution in [0.3, 0.4) is 0 Å². The lowest BCUT2D eigenvalue weighted by Gasteiger charge is -2.40. The van der Waals surface area contributed by atoms with Crippen LogP contribution in [0.5, 0.6) is 0 Å². The van der Waals surface area contributed by atoms with E-state index in [4.69, 9.17) is 5.11 Å². The predicted molar refractivity (Wildman–Crippen MR) is 87.4 cm³/mol. The van der Waals surface area contributed by atoms with E-state index in [1.165, 1.54) is 25.7 Å². The van der Waals surface area contributed by atoms with E-state index in [1.807, 2.05) is 10.9 Å². The van der Waals surface area contributed by atoms with Crippen molar-refractivity contribution in [1.82, 2.24) is 15.1 Å². The molecule has 0 spiro atoms. The molecular formula is C18H25N3O3. The zero-order valence-electron chi connectivity index (χ0n) is 13.9. The van der Waals surface area contributed by atoms with Gasteiger partial charge in [-0.2, -0.15) is 5.10 Å². The second kappa shape index (κ2) is 6.22. The molecule has 0 saturated heterocycles. The van der Waals surface area contributed by atoms with E-state index in [-0.39, 0.29) is 17.9 Å². The van der Waals surface area contributed by atoms with Gasteiger partial charge in [0.15, 0.2) is 0 Å². The SMILES string of the molecule is O=C(N[C@H]1C[C@H]2CC(C(=O)O)C[C@H]21)c1cnn(CC2CCCC2)c1. The molecule has 130 valence electrons. The molecule has 1 aromatic heterocycles. The highest BCUT2D eigenvalue weighted by molar-refractivity contribution is 5.94. The standard InChI is InChI=1S/C18H25N3O3/c22-17(14-8-19-21(10-14)9-11-3-1-2-4-11)20-16-7-12-5-13(18(23)24)6-15(12)16/h8,10-13,15-16H,1-7,9H2,(H,20,22)(H,23,24)/t12-,13?,15-,16+/m1/s1. The number of hydrogen-bond donors (Lipinski definition) is 2. The molecule has 3 aliphatic rings. The predicted octanol–water partition coefficient (Wildman–Crippen LogP) is 2.30. The third kappa shape index (κ3) is 2.94. The lowest BCUT2D eigenvalue weighted by Crippen LogP contribution is -2.50. The monoisotopic (exact) mass is 331 g/mol. The Labute approximate surface area is 141 Å². The molecule has 1 amide bonds. The van der Waals surface area contributed by atoms with Crippen LogP contribution >= 0.6 is 0 Å². The van der Waals surface area contributed by atoms with Crippen molar-refractivity contribution in [1.29, 1.82) is 0 Å². The minimum absolute atomic E-state index is 0.0742. The summed E-state index contributed by atoms with van der Waals surface area (Å²) in [6.07, 6.45) is 11.0. The van der Waals surface area contributed by atoms with E-state index in [0.29, 0.717) is 29.7 Å². The number of amides is 1. The molecule has 3 saturated carbocycles. The number of rotatable bonds is 5. The number of carbonyl (C=O) groups excluding carboxylic acids is 1. The smallest absolute Gasteiger partial charge is 0.306 e. The molecule has 4 rings (SSSR count). The number of fused-ring (bicyclic) bond motifs is 1. The third-order valence-corrected chi connectivity index (χ3v) is 6.30. The Morgan fingerprint density at radius 3 is 2.79 bits per heavy atom. The Bertz CT molecular complexity index is 635. The summed E-state index contributed by atoms with van der Waals surface area (Å²) in [7, 11) is 0. The van der Waals surface area contributed by atoms with Crippen LogP contribution in [0.2, 0.25) is 0 Å². The minimum Gasteiger partial charge on any atom is -0.481 e. The van der Waals surface area contributed by atoms with E-state index >= 15 is 0 Å². The molecule has 0 bridgehead atoms. The van der Waals surface area contributed by atoms with Gasteiger partial charge in [0.2, 0.25) is 0 Å². The Hall–Kier alpha value is -1.85. The molecule has 1 unspecified atom stereocenters. The van der Waals surface area contributed by atoms with Gasteiger partial charge in [-0.1, -0.05) is 12.8 Å². The van der Waals surface area contributed by atoms with Crippen LogP contribution in [0.1, 0.15) is 55.3 Å². The number of aromatic nitrogens is 2. The highest BCUT2D eigenvalue weighted by Crippen LogP contribution is 2.49. The Morgan fingerprint density at radius 2 is 2.04 bits per heavy atom. The summed E-state index contributed by atoms with van der Waals surface area (Å²) in [4.78, 5) is 23.5. The quantitative estimate of drug-likeness (QED) is 0.867. The maximum Gasteiger partial charge on any atom is 0.306 e. The number of nitrogens with one attached hydrogen (secondary N) is 1. The Kier molecular flexibility index (Phi) is 4.06. The van der Waals surface area contributed by atoms with Gasteiger partial charge in [0, 0.05) is 18.8 Å². The van der Waals surface area contributed by atoms with Crippen LogP contribution in [0.15, 0.2) is 12.4 Å². The van der Waals surface area contributed by atoms with Gasteiger partial charge in [-0.3, -0.25) is 14.3 Å². The number of hydrogen-bond acceptors (Lipinski definition) is 3. The largest absolute Gasteiger partial charge is 0.481 e. The first kappa shape index (κ1) is 15.7. The zero-order chi connectivity index (χ0) is 16.7. The topological polar surface area (TPSA) is 84.2 Å². The van der Waals surface area contributed by atoms with Crippen molar-refractivity contribution in [3.8, 4) is 0 Å². The van der Waals surface area contributed by atoms with Crippen molar-refractivity contribution in [2.24, 2.45) is 23.7 Å². The van der Waals surface area contributed by atoms with Gasteiger partial charge in [-0.05, 0) is 49.9 Å². The van der Waals surface area contributed by atoms with E-state index in [1.54, 1.807) is 6.20 Å². The molecule has 1 aromatic rings. The Balaban J connectivity index is 1.31. The highest BCUT2D eigenvalue weighted by atomic mass is 16.4. The van der Waals surface area contributed by atoms with E-state index in [0.717, 1.165) is 19.4 Å². The van der Waals surface area contributed by atoms with Gasteiger partial charge < -0.3 is 10.4 Å². The first-order valence-corrected chi connectivity index (χ1v) is 9.16. The molecular weight excluding hydrogens is 306 g/mol. The molecule has 0 aliphatic heterocycles. The lowest BCUT2D eigenvalue weighted by molar-refractivity contribution is -0.141. The number of nitrogens with zero attached hydrogens (tertiary/aromatic N) is 2. The second-order valence-corrected chi connectivity index (χ2v) is 7.85. The lowest BCUT2D eigenvalue weighted by atomic mass is 9.71. The van der Waals surface area contributed by atoms with Crippen molar-refractivity contribution in [3.63, 3.8) is 0 Å². The first-order valence-electron chi connectivity index (χ1n) is 9.16. The van der Waals surface area contributed by atoms with Gasteiger partial charge in [0.05, 0.1) is 17.7 Å². The van der Waals surface area contributed by atoms with Gasteiger partial charge >= 0.3 is 5.97 Å². The zero-order valence-corrected chi connectivity index (χ0v) is 13.9. The summed E-state index contributed by atoms with van der Waals surface area (Å²) in [5.74, 6) is 0.512. The average Bonchev–Trinajstić information content (AvgIpc) is 3.25. The van der Waals surface area contributed by atoms with E-state index in [2.05, 4.69) is 10.4 Å². The molecule has 6 heteroatoms. The third-order valence-electron chi connectivity index (χ3n) is 6.30. The number of carboxylic acid groups (broad SMARTS) is 1. The van der Waals surface area contributed by atoms with Crippen LogP contribution in [-0.2, 0) is 11.3 Å². The number of carboxylic acids is 1. The maximum atomic E-state index is 12.4. The van der Waals surface area contributed by atoms with Gasteiger partial charge in [-0.25, -0.2) is 0 Å². The number of aliphatic carboxylic acids is 1. The fourth-order valence-electron chi connectivity index (χ4n) is 4.88. The molecule has 0 radical (unpaired) electrons. The van der Waals surface area contributed by atoms with Crippen molar-refractivity contribution >= 4 is 11.9 Å². The van der Waals surface area contributed by atoms with Crippen LogP contribution in [0.25, 0.3) is 0 Å². The molecule has 1 heterocycles. The Morgan fingerprint density at radius 1 is 1.25 bits per heavy atom. The van der Waals surface area contributed by atoms with Crippen molar-refractivity contribution in [2.75, 3.05) is 0 Å². The molecule has 4 atom stereocenters. The van der Waals surface area contributed by atoms with Crippen LogP contribution in [0, 0.1) is 23.7 Å². The van der Waals surface area contributed by atoms with E-state index in [9.17, 15) is 9.59 Å². The van der Waals surface area contributed by atoms with Crippen molar-refractivity contribution in [3.05, 3.63) is 18.0 Å². The van der Waals surface area contributed by atoms with Crippen molar-refractivity contribution < 1.29 is 14.7 Å². The normalized spacial score (nSPS) is 32.3. The summed E-state index contributed by atoms with van der Waals surface area (Å²) in [5, 5.41) is 16.6. The fraction of sp³-hybridized carbons (Fsp3) is 0.722. The van der Waals surface area contributed by atoms with Gasteiger partial charge in [0.25, 0.3) is 5.91 Å². The summed E-state index contributed by atoms with van der Waals surface area (Å²) in [6.45, 7) is 0.904. The first-order chi connectivity index (χ1) is 11.6. The van der Waals surface area contributed by atoms with Crippen LogP contribution in [0.4, 0.5) is 0 Å². The maximum absolute atomic E-state index is 12.4. The molecule has 3 fully saturated rings. The van der Waals surface area contributed by atoms with E-state index < -0.39 is 5.97 Å². The van der Waals surface area contributed by atoms with Crippen LogP contribution < -0.4 is 5.32 Å². The summed E-state index contributed by atoms with van der Waals surface area (Å²) in [5.41, 5.74) is 0.615. The summed E-state index contributed by atoms with van der Waals surface area (Å²) >= 11 is 0. The highest BCUT2D eigenvalue weighted by Gasteiger charge is 2.49. The molecule has 24 heavy (non-hydrogen) atoms. The minimum atomic E-state index is -0.692. The number of carbonyl (C=O) groups is 2. The second-order valence-electron chi connectivity index (χ2n) is 7.85. The fourth-order valence-corrected chi connectivity index (χ4v) is 4.88. The molecule has 6 nitrogen and oxygen atoms in total. The molecule has 2 N–H and O–H groups in total. The van der Waals surface area contributed by atoms with Crippen molar-refractivity contribution in [2.45, 2.75) is 57.5 Å². The van der Waals surface area contributed by atoms with Crippen LogP contribution in [-0.4, -0.2) is 32.8 Å². The van der Waals surface area contributed by atoms with Gasteiger partial charge in [-0.15, -0.1) is 0 Å². The molecule has 0 aromatic carbocycles. The average molecular weight is 331 g/mol. The summed E-state index contributed by atoms with van der Waals surface area (Å²) < 4.78 is 1.89. The van der Waals surface area contributed by atoms with Gasteiger partial charge in [0.1, 0.15) is 0 Å². The molecule has 3 aliphatic carbocycles.